The lowest BCUT2D eigenvalue weighted by Gasteiger charge is -2.16. The Kier molecular flexibility index (Phi) is 9.02. The molecule has 0 aromatic heterocycles. The first-order valence-electron chi connectivity index (χ1n) is 9.87. The molecule has 0 aliphatic carbocycles. The maximum atomic E-state index is 10.9. The van der Waals surface area contributed by atoms with Gasteiger partial charge in [0.05, 0.1) is 26.5 Å². The Morgan fingerprint density at radius 3 is 2.52 bits per heavy atom. The number of benzene rings is 2. The normalized spacial score (nSPS) is 11.9. The zero-order valence-corrected chi connectivity index (χ0v) is 17.6. The van der Waals surface area contributed by atoms with Crippen LogP contribution >= 0.6 is 0 Å². The van der Waals surface area contributed by atoms with Gasteiger partial charge in [-0.1, -0.05) is 32.0 Å². The Labute approximate surface area is 172 Å². The molecule has 29 heavy (non-hydrogen) atoms. The fraction of sp³-hybridized carbons (Fsp3) is 0.391. The van der Waals surface area contributed by atoms with Gasteiger partial charge in [0.1, 0.15) is 5.75 Å². The fourth-order valence-corrected chi connectivity index (χ4v) is 2.74. The first-order valence-corrected chi connectivity index (χ1v) is 9.87. The summed E-state index contributed by atoms with van der Waals surface area (Å²) in [5.41, 5.74) is 4.41. The first kappa shape index (κ1) is 22.3. The van der Waals surface area contributed by atoms with Gasteiger partial charge in [0.2, 0.25) is 5.91 Å². The summed E-state index contributed by atoms with van der Waals surface area (Å²) in [6.07, 6.45) is 3.38. The van der Waals surface area contributed by atoms with E-state index in [9.17, 15) is 4.79 Å². The van der Waals surface area contributed by atoms with E-state index in [1.807, 2.05) is 30.3 Å². The van der Waals surface area contributed by atoms with Crippen LogP contribution in [-0.2, 0) is 4.79 Å². The molecule has 0 aliphatic heterocycles. The Morgan fingerprint density at radius 1 is 1.10 bits per heavy atom. The highest BCUT2D eigenvalue weighted by Gasteiger charge is 2.09. The van der Waals surface area contributed by atoms with Gasteiger partial charge in [-0.3, -0.25) is 4.79 Å². The Morgan fingerprint density at radius 2 is 1.83 bits per heavy atom. The number of rotatable bonds is 11. The van der Waals surface area contributed by atoms with Crippen LogP contribution in [0.25, 0.3) is 0 Å². The third-order valence-electron chi connectivity index (χ3n) is 4.49. The van der Waals surface area contributed by atoms with E-state index >= 15 is 0 Å². The predicted octanol–water partition coefficient (Wildman–Crippen LogP) is 4.53. The zero-order chi connectivity index (χ0) is 21.1. The van der Waals surface area contributed by atoms with E-state index in [0.717, 1.165) is 24.2 Å². The molecule has 0 heterocycles. The number of hydrogen-bond donors (Lipinski definition) is 1. The SMILES string of the molecule is CC[C@@H](C)c1ccccc1OCCCOc1ccc(/C=N\NC(C)=O)cc1OC. The molecule has 0 aliphatic rings. The van der Waals surface area contributed by atoms with E-state index in [0.29, 0.717) is 30.6 Å². The van der Waals surface area contributed by atoms with Crippen LogP contribution in [0.4, 0.5) is 0 Å². The molecule has 1 N–H and O–H groups in total. The first-order chi connectivity index (χ1) is 14.0. The molecule has 0 fully saturated rings. The molecule has 0 spiro atoms. The maximum Gasteiger partial charge on any atom is 0.236 e. The highest BCUT2D eigenvalue weighted by molar-refractivity contribution is 5.82. The summed E-state index contributed by atoms with van der Waals surface area (Å²) in [4.78, 5) is 10.9. The maximum absolute atomic E-state index is 10.9. The number of nitrogens with one attached hydrogen (secondary N) is 1. The van der Waals surface area contributed by atoms with Gasteiger partial charge in [0.15, 0.2) is 11.5 Å². The van der Waals surface area contributed by atoms with E-state index < -0.39 is 0 Å². The van der Waals surface area contributed by atoms with E-state index in [2.05, 4.69) is 30.4 Å². The molecule has 1 amide bonds. The molecule has 156 valence electrons. The van der Waals surface area contributed by atoms with Gasteiger partial charge < -0.3 is 14.2 Å². The predicted molar refractivity (Wildman–Crippen MR) is 115 cm³/mol. The van der Waals surface area contributed by atoms with Crippen molar-refractivity contribution in [3.8, 4) is 17.2 Å². The smallest absolute Gasteiger partial charge is 0.236 e. The Bertz CT molecular complexity index is 820. The molecule has 2 aromatic carbocycles. The minimum absolute atomic E-state index is 0.220. The van der Waals surface area contributed by atoms with Gasteiger partial charge >= 0.3 is 0 Å². The second-order valence-electron chi connectivity index (χ2n) is 6.73. The average molecular weight is 399 g/mol. The van der Waals surface area contributed by atoms with Crippen LogP contribution in [0.15, 0.2) is 47.6 Å². The lowest BCUT2D eigenvalue weighted by Crippen LogP contribution is -2.12. The summed E-state index contributed by atoms with van der Waals surface area (Å²) < 4.78 is 17.2. The molecule has 0 radical (unpaired) electrons. The van der Waals surface area contributed by atoms with E-state index in [1.165, 1.54) is 12.5 Å². The highest BCUT2D eigenvalue weighted by Crippen LogP contribution is 2.29. The van der Waals surface area contributed by atoms with Gasteiger partial charge in [-0.05, 0) is 47.7 Å². The molecule has 2 rings (SSSR count). The summed E-state index contributed by atoms with van der Waals surface area (Å²) in [7, 11) is 1.59. The summed E-state index contributed by atoms with van der Waals surface area (Å²) in [6, 6.07) is 13.7. The second-order valence-corrected chi connectivity index (χ2v) is 6.73. The Hall–Kier alpha value is -3.02. The lowest BCUT2D eigenvalue weighted by molar-refractivity contribution is -0.118. The van der Waals surface area contributed by atoms with E-state index in [-0.39, 0.29) is 5.91 Å². The van der Waals surface area contributed by atoms with Crippen LogP contribution in [0.1, 0.15) is 50.7 Å². The number of para-hydroxylation sites is 1. The summed E-state index contributed by atoms with van der Waals surface area (Å²) in [6.45, 7) is 6.89. The van der Waals surface area contributed by atoms with Crippen LogP contribution in [0.3, 0.4) is 0 Å². The number of carbonyl (C=O) groups excluding carboxylic acids is 1. The molecular formula is C23H30N2O4. The molecule has 0 unspecified atom stereocenters. The average Bonchev–Trinajstić information content (AvgIpc) is 2.73. The fourth-order valence-electron chi connectivity index (χ4n) is 2.74. The molecule has 6 nitrogen and oxygen atoms in total. The third kappa shape index (κ3) is 7.14. The van der Waals surface area contributed by atoms with Gasteiger partial charge in [-0.15, -0.1) is 0 Å². The standard InChI is InChI=1S/C23H30N2O4/c1-5-17(2)20-9-6-7-10-21(20)28-13-8-14-29-22-12-11-19(15-23(22)27-4)16-24-25-18(3)26/h6-7,9-12,15-17H,5,8,13-14H2,1-4H3,(H,25,26)/b24-16-/t17-/m1/s1. The lowest BCUT2D eigenvalue weighted by atomic mass is 9.98. The van der Waals surface area contributed by atoms with Crippen molar-refractivity contribution in [1.82, 2.24) is 5.43 Å². The van der Waals surface area contributed by atoms with Gasteiger partial charge in [-0.25, -0.2) is 5.43 Å². The van der Waals surface area contributed by atoms with E-state index in [1.54, 1.807) is 19.4 Å². The van der Waals surface area contributed by atoms with Gasteiger partial charge in [-0.2, -0.15) is 5.10 Å². The van der Waals surface area contributed by atoms with Crippen molar-refractivity contribution in [2.45, 2.75) is 39.5 Å². The number of hydrazone groups is 1. The molecular weight excluding hydrogens is 368 g/mol. The molecule has 2 aromatic rings. The molecule has 0 saturated heterocycles. The van der Waals surface area contributed by atoms with Crippen molar-refractivity contribution in [3.63, 3.8) is 0 Å². The second kappa shape index (κ2) is 11.7. The van der Waals surface area contributed by atoms with Crippen molar-refractivity contribution in [1.29, 1.82) is 0 Å². The number of methoxy groups -OCH3 is 1. The summed E-state index contributed by atoms with van der Waals surface area (Å²) in [5, 5.41) is 3.85. The van der Waals surface area contributed by atoms with Crippen LogP contribution in [-0.4, -0.2) is 32.4 Å². The van der Waals surface area contributed by atoms with Gasteiger partial charge in [0, 0.05) is 13.3 Å². The summed E-state index contributed by atoms with van der Waals surface area (Å²) >= 11 is 0. The van der Waals surface area contributed by atoms with Crippen LogP contribution in [0, 0.1) is 0 Å². The van der Waals surface area contributed by atoms with Crippen molar-refractivity contribution in [3.05, 3.63) is 53.6 Å². The largest absolute Gasteiger partial charge is 0.493 e. The van der Waals surface area contributed by atoms with Crippen LogP contribution in [0.5, 0.6) is 17.2 Å². The molecule has 0 saturated carbocycles. The van der Waals surface area contributed by atoms with Gasteiger partial charge in [0.25, 0.3) is 0 Å². The number of carbonyl (C=O) groups is 1. The van der Waals surface area contributed by atoms with Crippen LogP contribution < -0.4 is 19.6 Å². The monoisotopic (exact) mass is 398 g/mol. The van der Waals surface area contributed by atoms with Crippen molar-refractivity contribution in [2.24, 2.45) is 5.10 Å². The minimum Gasteiger partial charge on any atom is -0.493 e. The molecule has 1 atom stereocenters. The quantitative estimate of drug-likeness (QED) is 0.343. The van der Waals surface area contributed by atoms with Crippen molar-refractivity contribution < 1.29 is 19.0 Å². The number of hydrogen-bond acceptors (Lipinski definition) is 5. The topological polar surface area (TPSA) is 69.2 Å². The summed E-state index contributed by atoms with van der Waals surface area (Å²) in [5.74, 6) is 2.47. The number of amides is 1. The molecule has 0 bridgehead atoms. The highest BCUT2D eigenvalue weighted by atomic mass is 16.5. The molecule has 6 heteroatoms. The zero-order valence-electron chi connectivity index (χ0n) is 17.6. The minimum atomic E-state index is -0.220. The van der Waals surface area contributed by atoms with Crippen molar-refractivity contribution in [2.75, 3.05) is 20.3 Å². The number of ether oxygens (including phenoxy) is 3. The van der Waals surface area contributed by atoms with Crippen molar-refractivity contribution >= 4 is 12.1 Å². The Balaban J connectivity index is 1.85. The number of nitrogens with zero attached hydrogens (tertiary/aromatic N) is 1. The van der Waals surface area contributed by atoms with Crippen LogP contribution in [0.2, 0.25) is 0 Å². The third-order valence-corrected chi connectivity index (χ3v) is 4.49. The van der Waals surface area contributed by atoms with E-state index in [4.69, 9.17) is 14.2 Å².